The van der Waals surface area contributed by atoms with Gasteiger partial charge >= 0.3 is 0 Å². The molecule has 100 valence electrons. The quantitative estimate of drug-likeness (QED) is 0.916. The number of primary sulfonamides is 1. The molecular weight excluding hydrogens is 278 g/mol. The zero-order valence-corrected chi connectivity index (χ0v) is 11.2. The van der Waals surface area contributed by atoms with Crippen molar-refractivity contribution in [1.82, 2.24) is 0 Å². The molecule has 1 saturated heterocycles. The molecule has 0 radical (unpaired) electrons. The Kier molecular flexibility index (Phi) is 4.11. The van der Waals surface area contributed by atoms with Gasteiger partial charge < -0.3 is 9.47 Å². The first-order valence-corrected chi connectivity index (χ1v) is 7.46. The van der Waals surface area contributed by atoms with Gasteiger partial charge in [-0.3, -0.25) is 0 Å². The second-order valence-corrected chi connectivity index (χ2v) is 6.06. The molecule has 18 heavy (non-hydrogen) atoms. The van der Waals surface area contributed by atoms with Gasteiger partial charge in [0.1, 0.15) is 11.9 Å². The van der Waals surface area contributed by atoms with Gasteiger partial charge in [0, 0.05) is 6.61 Å². The van der Waals surface area contributed by atoms with Crippen LogP contribution in [-0.2, 0) is 14.8 Å². The van der Waals surface area contributed by atoms with Gasteiger partial charge in [-0.25, -0.2) is 13.6 Å². The van der Waals surface area contributed by atoms with Crippen molar-refractivity contribution in [3.63, 3.8) is 0 Å². The van der Waals surface area contributed by atoms with Gasteiger partial charge in [0.2, 0.25) is 10.0 Å². The lowest BCUT2D eigenvalue weighted by molar-refractivity contribution is 0.00745. The smallest absolute Gasteiger partial charge is 0.238 e. The maximum atomic E-state index is 11.1. The van der Waals surface area contributed by atoms with Crippen LogP contribution in [0.4, 0.5) is 0 Å². The van der Waals surface area contributed by atoms with E-state index in [2.05, 4.69) is 0 Å². The van der Waals surface area contributed by atoms with Crippen molar-refractivity contribution in [3.05, 3.63) is 23.2 Å². The van der Waals surface area contributed by atoms with E-state index in [0.717, 1.165) is 19.4 Å². The molecule has 1 aromatic rings. The summed E-state index contributed by atoms with van der Waals surface area (Å²) in [6, 6.07) is 4.17. The number of hydrogen-bond acceptors (Lipinski definition) is 4. The third kappa shape index (κ3) is 3.35. The van der Waals surface area contributed by atoms with Gasteiger partial charge in [-0.2, -0.15) is 0 Å². The third-order valence-corrected chi connectivity index (χ3v) is 3.85. The highest BCUT2D eigenvalue weighted by molar-refractivity contribution is 7.89. The predicted molar refractivity (Wildman–Crippen MR) is 67.3 cm³/mol. The summed E-state index contributed by atoms with van der Waals surface area (Å²) in [5, 5.41) is 5.24. The van der Waals surface area contributed by atoms with Crippen LogP contribution in [0.1, 0.15) is 12.8 Å². The lowest BCUT2D eigenvalue weighted by atomic mass is 10.2. The van der Waals surface area contributed by atoms with Crippen LogP contribution >= 0.6 is 11.6 Å². The van der Waals surface area contributed by atoms with Crippen molar-refractivity contribution in [2.75, 3.05) is 13.2 Å². The molecule has 7 heteroatoms. The van der Waals surface area contributed by atoms with Crippen LogP contribution in [0.2, 0.25) is 5.02 Å². The van der Waals surface area contributed by atoms with Crippen LogP contribution < -0.4 is 9.88 Å². The fraction of sp³-hybridized carbons (Fsp3) is 0.455. The Labute approximate surface area is 111 Å². The van der Waals surface area contributed by atoms with Crippen molar-refractivity contribution < 1.29 is 17.9 Å². The van der Waals surface area contributed by atoms with Gasteiger partial charge in [0.05, 0.1) is 16.5 Å². The van der Waals surface area contributed by atoms with Crippen LogP contribution in [0.25, 0.3) is 0 Å². The van der Waals surface area contributed by atoms with E-state index in [1.54, 1.807) is 0 Å². The maximum absolute atomic E-state index is 11.1. The van der Waals surface area contributed by atoms with Gasteiger partial charge in [-0.15, -0.1) is 0 Å². The summed E-state index contributed by atoms with van der Waals surface area (Å²) in [5.41, 5.74) is 0. The van der Waals surface area contributed by atoms with Gasteiger partial charge in [0.15, 0.2) is 0 Å². The van der Waals surface area contributed by atoms with Crippen molar-refractivity contribution >= 4 is 21.6 Å². The second-order valence-electron chi connectivity index (χ2n) is 4.09. The fourth-order valence-electron chi connectivity index (χ4n) is 1.74. The standard InChI is InChI=1S/C11H14ClNO4S/c12-10-6-9(18(13,14)15)3-4-11(10)17-8-2-1-5-16-7-8/h3-4,6,8H,1-2,5,7H2,(H2,13,14,15). The normalized spacial score (nSPS) is 20.7. The number of halogens is 1. The summed E-state index contributed by atoms with van der Waals surface area (Å²) in [7, 11) is -3.74. The Morgan fingerprint density at radius 2 is 2.22 bits per heavy atom. The first-order chi connectivity index (χ1) is 8.47. The topological polar surface area (TPSA) is 78.6 Å². The van der Waals surface area contributed by atoms with Crippen LogP contribution in [0, 0.1) is 0 Å². The summed E-state index contributed by atoms with van der Waals surface area (Å²) in [5.74, 6) is 0.444. The highest BCUT2D eigenvalue weighted by Crippen LogP contribution is 2.28. The molecule has 1 aliphatic heterocycles. The Morgan fingerprint density at radius 1 is 1.44 bits per heavy atom. The Balaban J connectivity index is 2.14. The zero-order valence-electron chi connectivity index (χ0n) is 9.63. The minimum absolute atomic E-state index is 0.0280. The molecular formula is C11H14ClNO4S. The summed E-state index contributed by atoms with van der Waals surface area (Å²) >= 11 is 5.97. The van der Waals surface area contributed by atoms with Crippen LogP contribution in [0.15, 0.2) is 23.1 Å². The van der Waals surface area contributed by atoms with E-state index in [9.17, 15) is 8.42 Å². The maximum Gasteiger partial charge on any atom is 0.238 e. The van der Waals surface area contributed by atoms with E-state index in [1.165, 1.54) is 18.2 Å². The Morgan fingerprint density at radius 3 is 2.78 bits per heavy atom. The van der Waals surface area contributed by atoms with Crippen molar-refractivity contribution in [3.8, 4) is 5.75 Å². The minimum Gasteiger partial charge on any atom is -0.486 e. The van der Waals surface area contributed by atoms with E-state index >= 15 is 0 Å². The third-order valence-electron chi connectivity index (χ3n) is 2.64. The molecule has 0 aromatic heterocycles. The molecule has 5 nitrogen and oxygen atoms in total. The molecule has 2 rings (SSSR count). The summed E-state index contributed by atoms with van der Waals surface area (Å²) < 4.78 is 33.2. The molecule has 2 N–H and O–H groups in total. The molecule has 1 fully saturated rings. The average molecular weight is 292 g/mol. The van der Waals surface area contributed by atoms with Crippen molar-refractivity contribution in [2.24, 2.45) is 5.14 Å². The molecule has 1 atom stereocenters. The van der Waals surface area contributed by atoms with Gasteiger partial charge in [-0.05, 0) is 31.0 Å². The number of ether oxygens (including phenoxy) is 2. The van der Waals surface area contributed by atoms with Gasteiger partial charge in [-0.1, -0.05) is 11.6 Å². The first kappa shape index (κ1) is 13.6. The molecule has 1 heterocycles. The number of benzene rings is 1. The number of sulfonamides is 1. The number of rotatable bonds is 3. The largest absolute Gasteiger partial charge is 0.486 e. The van der Waals surface area contributed by atoms with E-state index in [0.29, 0.717) is 12.4 Å². The van der Waals surface area contributed by atoms with Crippen LogP contribution in [0.5, 0.6) is 5.75 Å². The van der Waals surface area contributed by atoms with Crippen molar-refractivity contribution in [2.45, 2.75) is 23.8 Å². The van der Waals surface area contributed by atoms with Crippen LogP contribution in [0.3, 0.4) is 0 Å². The average Bonchev–Trinajstić information content (AvgIpc) is 2.32. The monoisotopic (exact) mass is 291 g/mol. The van der Waals surface area contributed by atoms with E-state index < -0.39 is 10.0 Å². The van der Waals surface area contributed by atoms with E-state index in [-0.39, 0.29) is 16.0 Å². The second kappa shape index (κ2) is 5.44. The molecule has 0 saturated carbocycles. The Bertz CT molecular complexity index is 526. The predicted octanol–water partition coefficient (Wildman–Crippen LogP) is 1.55. The minimum atomic E-state index is -3.74. The highest BCUT2D eigenvalue weighted by atomic mass is 35.5. The van der Waals surface area contributed by atoms with E-state index in [4.69, 9.17) is 26.2 Å². The van der Waals surface area contributed by atoms with Gasteiger partial charge in [0.25, 0.3) is 0 Å². The summed E-state index contributed by atoms with van der Waals surface area (Å²) in [4.78, 5) is -0.0280. The fourth-order valence-corrected chi connectivity index (χ4v) is 2.57. The first-order valence-electron chi connectivity index (χ1n) is 5.53. The SMILES string of the molecule is NS(=O)(=O)c1ccc(OC2CCCOC2)c(Cl)c1. The van der Waals surface area contributed by atoms with Crippen LogP contribution in [-0.4, -0.2) is 27.7 Å². The highest BCUT2D eigenvalue weighted by Gasteiger charge is 2.18. The lowest BCUT2D eigenvalue weighted by Crippen LogP contribution is -2.28. The Hall–Kier alpha value is -0.820. The van der Waals surface area contributed by atoms with E-state index in [1.807, 2.05) is 0 Å². The molecule has 0 spiro atoms. The summed E-state index contributed by atoms with van der Waals surface area (Å²) in [6.07, 6.45) is 1.79. The summed E-state index contributed by atoms with van der Waals surface area (Å²) in [6.45, 7) is 1.27. The molecule has 0 aliphatic carbocycles. The number of hydrogen-bond donors (Lipinski definition) is 1. The van der Waals surface area contributed by atoms with Crippen molar-refractivity contribution in [1.29, 1.82) is 0 Å². The lowest BCUT2D eigenvalue weighted by Gasteiger charge is -2.23. The molecule has 0 amide bonds. The zero-order chi connectivity index (χ0) is 13.2. The molecule has 0 bridgehead atoms. The molecule has 1 unspecified atom stereocenters. The molecule has 1 aromatic carbocycles. The number of nitrogens with two attached hydrogens (primary N) is 1. The molecule has 1 aliphatic rings.